The molecule has 1 fully saturated rings. The smallest absolute Gasteiger partial charge is 0.0775 e. The monoisotopic (exact) mass is 188 g/mol. The van der Waals surface area contributed by atoms with Crippen LogP contribution in [0.3, 0.4) is 0 Å². The number of rotatable bonds is 0. The average molecular weight is 188 g/mol. The van der Waals surface area contributed by atoms with Gasteiger partial charge < -0.3 is 0 Å². The van der Waals surface area contributed by atoms with Crippen molar-refractivity contribution in [3.63, 3.8) is 0 Å². The van der Waals surface area contributed by atoms with Crippen LogP contribution in [0.25, 0.3) is 0 Å². The van der Waals surface area contributed by atoms with Crippen molar-refractivity contribution in [1.82, 2.24) is 5.32 Å². The standard InChI is InChI=1S/C12H16N2/c1-11-7-3-5-9(11)13-10-6-4-8-12(10,2)14-11/h3,5,7,14H,4,6,8H2,1-2H3. The summed E-state index contributed by atoms with van der Waals surface area (Å²) in [5.74, 6) is 0. The first-order chi connectivity index (χ1) is 6.62. The first kappa shape index (κ1) is 8.42. The van der Waals surface area contributed by atoms with Crippen LogP contribution in [-0.4, -0.2) is 16.8 Å². The highest BCUT2D eigenvalue weighted by atomic mass is 15.1. The Morgan fingerprint density at radius 3 is 3.14 bits per heavy atom. The zero-order valence-electron chi connectivity index (χ0n) is 8.80. The maximum Gasteiger partial charge on any atom is 0.0775 e. The van der Waals surface area contributed by atoms with Gasteiger partial charge in [0, 0.05) is 5.71 Å². The SMILES string of the molecule is CC12C=CC=C1N=C1CCCC1(C)N2. The van der Waals surface area contributed by atoms with Gasteiger partial charge in [-0.25, -0.2) is 0 Å². The van der Waals surface area contributed by atoms with Crippen LogP contribution in [0, 0.1) is 0 Å². The second-order valence-corrected chi connectivity index (χ2v) is 4.98. The largest absolute Gasteiger partial charge is 0.293 e. The van der Waals surface area contributed by atoms with Gasteiger partial charge in [-0.05, 0) is 39.2 Å². The van der Waals surface area contributed by atoms with Gasteiger partial charge in [0.05, 0.1) is 16.8 Å². The van der Waals surface area contributed by atoms with Gasteiger partial charge >= 0.3 is 0 Å². The van der Waals surface area contributed by atoms with E-state index >= 15 is 0 Å². The summed E-state index contributed by atoms with van der Waals surface area (Å²) < 4.78 is 0. The highest BCUT2D eigenvalue weighted by Crippen LogP contribution is 2.39. The van der Waals surface area contributed by atoms with E-state index in [1.165, 1.54) is 24.3 Å². The second-order valence-electron chi connectivity index (χ2n) is 4.98. The molecule has 0 amide bonds. The van der Waals surface area contributed by atoms with Gasteiger partial charge in [0.1, 0.15) is 0 Å². The topological polar surface area (TPSA) is 24.4 Å². The molecule has 0 aromatic carbocycles. The summed E-state index contributed by atoms with van der Waals surface area (Å²) in [6.45, 7) is 4.50. The van der Waals surface area contributed by atoms with Crippen molar-refractivity contribution >= 4 is 5.71 Å². The van der Waals surface area contributed by atoms with E-state index in [1.54, 1.807) is 0 Å². The molecular formula is C12H16N2. The molecule has 14 heavy (non-hydrogen) atoms. The Bertz CT molecular complexity index is 378. The van der Waals surface area contributed by atoms with E-state index in [4.69, 9.17) is 4.99 Å². The second kappa shape index (κ2) is 2.37. The number of hydrogen-bond donors (Lipinski definition) is 1. The van der Waals surface area contributed by atoms with Crippen LogP contribution < -0.4 is 5.32 Å². The third kappa shape index (κ3) is 0.921. The Balaban J connectivity index is 2.11. The van der Waals surface area contributed by atoms with Crippen LogP contribution in [0.15, 0.2) is 28.9 Å². The van der Waals surface area contributed by atoms with Crippen LogP contribution in [-0.2, 0) is 0 Å². The van der Waals surface area contributed by atoms with Gasteiger partial charge in [0.15, 0.2) is 0 Å². The first-order valence-electron chi connectivity index (χ1n) is 5.40. The number of nitrogens with one attached hydrogen (secondary N) is 1. The zero-order chi connectivity index (χ0) is 9.81. The van der Waals surface area contributed by atoms with E-state index in [0.717, 1.165) is 6.42 Å². The molecule has 0 saturated heterocycles. The highest BCUT2D eigenvalue weighted by molar-refractivity contribution is 5.97. The van der Waals surface area contributed by atoms with E-state index < -0.39 is 0 Å². The van der Waals surface area contributed by atoms with Crippen molar-refractivity contribution in [3.8, 4) is 0 Å². The molecule has 2 nitrogen and oxygen atoms in total. The van der Waals surface area contributed by atoms with E-state index in [1.807, 2.05) is 0 Å². The lowest BCUT2D eigenvalue weighted by Gasteiger charge is -2.41. The van der Waals surface area contributed by atoms with Crippen LogP contribution in [0.4, 0.5) is 0 Å². The molecule has 1 heterocycles. The minimum Gasteiger partial charge on any atom is -0.293 e. The van der Waals surface area contributed by atoms with E-state index in [-0.39, 0.29) is 11.1 Å². The third-order valence-corrected chi connectivity index (χ3v) is 3.73. The molecule has 2 atom stereocenters. The lowest BCUT2D eigenvalue weighted by atomic mass is 9.88. The fourth-order valence-corrected chi connectivity index (χ4v) is 2.91. The normalized spacial score (nSPS) is 44.4. The molecule has 0 aromatic rings. The van der Waals surface area contributed by atoms with Crippen LogP contribution in [0.1, 0.15) is 33.1 Å². The fourth-order valence-electron chi connectivity index (χ4n) is 2.91. The van der Waals surface area contributed by atoms with Crippen molar-refractivity contribution in [2.24, 2.45) is 4.99 Å². The lowest BCUT2D eigenvalue weighted by Crippen LogP contribution is -2.59. The van der Waals surface area contributed by atoms with Gasteiger partial charge in [-0.1, -0.05) is 12.2 Å². The zero-order valence-corrected chi connectivity index (χ0v) is 8.80. The number of hydrogen-bond acceptors (Lipinski definition) is 2. The molecule has 2 heteroatoms. The Morgan fingerprint density at radius 1 is 1.43 bits per heavy atom. The molecule has 74 valence electrons. The van der Waals surface area contributed by atoms with E-state index in [9.17, 15) is 0 Å². The van der Waals surface area contributed by atoms with Gasteiger partial charge in [-0.15, -0.1) is 0 Å². The number of aliphatic imine (C=N–C) groups is 1. The summed E-state index contributed by atoms with van der Waals surface area (Å²) in [6, 6.07) is 0. The average Bonchev–Trinajstić information content (AvgIpc) is 2.60. The molecule has 2 unspecified atom stereocenters. The minimum atomic E-state index is -0.0113. The van der Waals surface area contributed by atoms with Crippen molar-refractivity contribution in [3.05, 3.63) is 23.9 Å². The molecule has 3 rings (SSSR count). The predicted octanol–water partition coefficient (Wildman–Crippen LogP) is 2.19. The fraction of sp³-hybridized carbons (Fsp3) is 0.583. The molecule has 2 aliphatic carbocycles. The Kier molecular flexibility index (Phi) is 1.43. The first-order valence-corrected chi connectivity index (χ1v) is 5.40. The van der Waals surface area contributed by atoms with Gasteiger partial charge in [0.2, 0.25) is 0 Å². The molecule has 3 aliphatic rings. The van der Waals surface area contributed by atoms with E-state index in [0.29, 0.717) is 0 Å². The number of allylic oxidation sites excluding steroid dienone is 2. The molecule has 0 radical (unpaired) electrons. The third-order valence-electron chi connectivity index (χ3n) is 3.73. The summed E-state index contributed by atoms with van der Waals surface area (Å²) in [6.07, 6.45) is 10.1. The lowest BCUT2D eigenvalue weighted by molar-refractivity contribution is 0.358. The molecular weight excluding hydrogens is 172 g/mol. The maximum absolute atomic E-state index is 4.80. The highest BCUT2D eigenvalue weighted by Gasteiger charge is 2.46. The van der Waals surface area contributed by atoms with Crippen molar-refractivity contribution < 1.29 is 0 Å². The minimum absolute atomic E-state index is 0.0113. The van der Waals surface area contributed by atoms with Gasteiger partial charge in [0.25, 0.3) is 0 Å². The van der Waals surface area contributed by atoms with Crippen molar-refractivity contribution in [2.75, 3.05) is 0 Å². The van der Waals surface area contributed by atoms with E-state index in [2.05, 4.69) is 37.4 Å². The van der Waals surface area contributed by atoms with Crippen molar-refractivity contribution in [1.29, 1.82) is 0 Å². The van der Waals surface area contributed by atoms with Gasteiger partial charge in [-0.2, -0.15) is 0 Å². The Labute approximate surface area is 84.8 Å². The molecule has 1 saturated carbocycles. The summed E-state index contributed by atoms with van der Waals surface area (Å²) in [5.41, 5.74) is 2.68. The molecule has 0 aromatic heterocycles. The molecule has 1 N–H and O–H groups in total. The molecule has 1 aliphatic heterocycles. The number of fused-ring (bicyclic) bond motifs is 2. The Hall–Kier alpha value is -0.890. The molecule has 0 bridgehead atoms. The summed E-state index contributed by atoms with van der Waals surface area (Å²) in [7, 11) is 0. The quantitative estimate of drug-likeness (QED) is 0.619. The summed E-state index contributed by atoms with van der Waals surface area (Å²) in [4.78, 5) is 4.80. The predicted molar refractivity (Wildman–Crippen MR) is 58.5 cm³/mol. The Morgan fingerprint density at radius 2 is 2.29 bits per heavy atom. The van der Waals surface area contributed by atoms with Crippen LogP contribution in [0.5, 0.6) is 0 Å². The summed E-state index contributed by atoms with van der Waals surface area (Å²) >= 11 is 0. The number of nitrogens with zero attached hydrogens (tertiary/aromatic N) is 1. The van der Waals surface area contributed by atoms with Crippen molar-refractivity contribution in [2.45, 2.75) is 44.2 Å². The van der Waals surface area contributed by atoms with Crippen LogP contribution >= 0.6 is 0 Å². The van der Waals surface area contributed by atoms with Crippen LogP contribution in [0.2, 0.25) is 0 Å². The summed E-state index contributed by atoms with van der Waals surface area (Å²) in [5, 5.41) is 3.74. The van der Waals surface area contributed by atoms with Gasteiger partial charge in [-0.3, -0.25) is 10.3 Å². The maximum atomic E-state index is 4.80. The molecule has 0 spiro atoms.